The number of primary amides is 1. The lowest BCUT2D eigenvalue weighted by atomic mass is 9.68. The summed E-state index contributed by atoms with van der Waals surface area (Å²) in [5, 5.41) is 7.03. The zero-order chi connectivity index (χ0) is 16.4. The van der Waals surface area contributed by atoms with Gasteiger partial charge < -0.3 is 16.4 Å². The molecule has 4 N–H and O–H groups in total. The second-order valence-corrected chi connectivity index (χ2v) is 8.57. The van der Waals surface area contributed by atoms with E-state index in [1.165, 1.54) is 29.5 Å². The maximum atomic E-state index is 12.9. The van der Waals surface area contributed by atoms with Crippen molar-refractivity contribution in [1.82, 2.24) is 10.3 Å². The number of aromatic nitrogens is 1. The molecule has 2 heterocycles. The number of thioether (sulfide) groups is 1. The van der Waals surface area contributed by atoms with E-state index in [4.69, 9.17) is 5.73 Å². The zero-order valence-corrected chi connectivity index (χ0v) is 16.0. The first-order valence-electron chi connectivity index (χ1n) is 7.92. The van der Waals surface area contributed by atoms with Crippen LogP contribution in [0.15, 0.2) is 4.21 Å². The predicted octanol–water partition coefficient (Wildman–Crippen LogP) is 2.17. The Hall–Kier alpha value is -0.830. The number of fused-ring (bicyclic) bond motifs is 1. The van der Waals surface area contributed by atoms with Gasteiger partial charge in [0.05, 0.1) is 21.1 Å². The molecule has 9 heteroatoms. The quantitative estimate of drug-likeness (QED) is 0.669. The number of nitrogens with one attached hydrogen (secondary N) is 2. The van der Waals surface area contributed by atoms with Crippen molar-refractivity contribution in [1.29, 1.82) is 0 Å². The molecule has 0 aromatic carbocycles. The van der Waals surface area contributed by atoms with Crippen molar-refractivity contribution in [3.63, 3.8) is 0 Å². The second kappa shape index (κ2) is 8.03. The number of aryl methyl sites for hydroxylation is 1. The van der Waals surface area contributed by atoms with E-state index in [1.54, 1.807) is 0 Å². The average molecular weight is 391 g/mol. The molecule has 2 atom stereocenters. The number of rotatable bonds is 5. The van der Waals surface area contributed by atoms with Crippen LogP contribution in [0.3, 0.4) is 0 Å². The normalized spacial score (nSPS) is 25.6. The molecule has 0 radical (unpaired) electrons. The summed E-state index contributed by atoms with van der Waals surface area (Å²) in [6.45, 7) is 3.58. The molecule has 24 heavy (non-hydrogen) atoms. The molecular weight excluding hydrogens is 368 g/mol. The van der Waals surface area contributed by atoms with Crippen LogP contribution in [0.25, 0.3) is 0 Å². The molecule has 2 aliphatic rings. The Kier molecular flexibility index (Phi) is 6.52. The Morgan fingerprint density at radius 1 is 1.50 bits per heavy atom. The number of carbonyl (C=O) groups is 2. The largest absolute Gasteiger partial charge is 0.369 e. The summed E-state index contributed by atoms with van der Waals surface area (Å²) < 4.78 is 0.932. The van der Waals surface area contributed by atoms with E-state index in [9.17, 15) is 9.59 Å². The minimum Gasteiger partial charge on any atom is -0.369 e. The molecular formula is C15H23ClN4O2S2. The summed E-state index contributed by atoms with van der Waals surface area (Å²) in [7, 11) is 0. The fourth-order valence-electron chi connectivity index (χ4n) is 3.62. The molecule has 1 aliphatic carbocycles. The van der Waals surface area contributed by atoms with Gasteiger partial charge >= 0.3 is 0 Å². The molecule has 1 saturated carbocycles. The Bertz CT molecular complexity index is 625. The van der Waals surface area contributed by atoms with E-state index >= 15 is 0 Å². The van der Waals surface area contributed by atoms with Crippen molar-refractivity contribution in [2.75, 3.05) is 24.2 Å². The number of amides is 2. The van der Waals surface area contributed by atoms with Crippen molar-refractivity contribution >= 4 is 52.5 Å². The highest BCUT2D eigenvalue weighted by Gasteiger charge is 2.50. The molecule has 134 valence electrons. The maximum Gasteiger partial charge on any atom is 0.233 e. The summed E-state index contributed by atoms with van der Waals surface area (Å²) in [5.74, 6) is 0.398. The number of hydrogen-bond donors (Lipinski definition) is 3. The highest BCUT2D eigenvalue weighted by Crippen LogP contribution is 2.45. The summed E-state index contributed by atoms with van der Waals surface area (Å²) in [5.41, 5.74) is 5.73. The molecule has 1 aromatic rings. The lowest BCUT2D eigenvalue weighted by Gasteiger charge is -2.36. The molecule has 1 aliphatic heterocycles. The molecule has 1 aromatic heterocycles. The second-order valence-electron chi connectivity index (χ2n) is 6.33. The Labute approximate surface area is 156 Å². The van der Waals surface area contributed by atoms with Crippen LogP contribution in [0.4, 0.5) is 5.13 Å². The molecule has 3 rings (SSSR count). The van der Waals surface area contributed by atoms with Crippen LogP contribution >= 0.6 is 35.5 Å². The van der Waals surface area contributed by atoms with E-state index in [0.29, 0.717) is 11.0 Å². The van der Waals surface area contributed by atoms with Gasteiger partial charge in [0.15, 0.2) is 5.13 Å². The van der Waals surface area contributed by atoms with Crippen molar-refractivity contribution in [2.45, 2.75) is 36.8 Å². The van der Waals surface area contributed by atoms with Gasteiger partial charge in [-0.2, -0.15) is 0 Å². The highest BCUT2D eigenvalue weighted by molar-refractivity contribution is 8.01. The van der Waals surface area contributed by atoms with Crippen LogP contribution in [0.2, 0.25) is 0 Å². The van der Waals surface area contributed by atoms with Gasteiger partial charge in [0.25, 0.3) is 0 Å². The van der Waals surface area contributed by atoms with Gasteiger partial charge in [0.1, 0.15) is 0 Å². The van der Waals surface area contributed by atoms with Gasteiger partial charge in [0, 0.05) is 6.54 Å². The van der Waals surface area contributed by atoms with Crippen LogP contribution in [-0.4, -0.2) is 35.6 Å². The van der Waals surface area contributed by atoms with Gasteiger partial charge in [-0.3, -0.25) is 9.59 Å². The third-order valence-corrected chi connectivity index (χ3v) is 7.27. The Morgan fingerprint density at radius 2 is 2.29 bits per heavy atom. The van der Waals surface area contributed by atoms with Crippen LogP contribution in [0.5, 0.6) is 0 Å². The first-order chi connectivity index (χ1) is 11.0. The van der Waals surface area contributed by atoms with E-state index in [-0.39, 0.29) is 35.4 Å². The SMILES string of the molecule is Cc1nc(NC(=O)[C@@]23CCCC[C@H]2CNC3)sc1SCC(N)=O.Cl. The molecule has 6 nitrogen and oxygen atoms in total. The van der Waals surface area contributed by atoms with Crippen molar-refractivity contribution in [3.8, 4) is 0 Å². The van der Waals surface area contributed by atoms with E-state index in [1.807, 2.05) is 6.92 Å². The zero-order valence-electron chi connectivity index (χ0n) is 13.6. The topological polar surface area (TPSA) is 97.1 Å². The number of carbonyl (C=O) groups excluding carboxylic acids is 2. The van der Waals surface area contributed by atoms with Gasteiger partial charge in [-0.25, -0.2) is 4.98 Å². The predicted molar refractivity (Wildman–Crippen MR) is 99.9 cm³/mol. The fraction of sp³-hybridized carbons (Fsp3) is 0.667. The van der Waals surface area contributed by atoms with E-state index in [2.05, 4.69) is 15.6 Å². The van der Waals surface area contributed by atoms with Crippen LogP contribution in [-0.2, 0) is 9.59 Å². The van der Waals surface area contributed by atoms with Crippen molar-refractivity contribution in [2.24, 2.45) is 17.1 Å². The van der Waals surface area contributed by atoms with Crippen LogP contribution in [0, 0.1) is 18.3 Å². The number of hydrogen-bond acceptors (Lipinski definition) is 6. The first kappa shape index (κ1) is 19.5. The lowest BCUT2D eigenvalue weighted by Crippen LogP contribution is -2.44. The molecule has 2 fully saturated rings. The average Bonchev–Trinajstić information content (AvgIpc) is 3.09. The smallest absolute Gasteiger partial charge is 0.233 e. The molecule has 0 unspecified atom stereocenters. The summed E-state index contributed by atoms with van der Waals surface area (Å²) >= 11 is 2.79. The Morgan fingerprint density at radius 3 is 3.04 bits per heavy atom. The van der Waals surface area contributed by atoms with Gasteiger partial charge in [-0.15, -0.1) is 24.2 Å². The van der Waals surface area contributed by atoms with Gasteiger partial charge in [-0.1, -0.05) is 24.2 Å². The summed E-state index contributed by atoms with van der Waals surface area (Å²) in [6, 6.07) is 0. The van der Waals surface area contributed by atoms with Crippen LogP contribution in [0.1, 0.15) is 31.4 Å². The molecule has 1 saturated heterocycles. The third-order valence-electron chi connectivity index (χ3n) is 4.81. The minimum absolute atomic E-state index is 0. The third kappa shape index (κ3) is 3.87. The number of anilines is 1. The molecule has 0 bridgehead atoms. The molecule has 0 spiro atoms. The lowest BCUT2D eigenvalue weighted by molar-refractivity contribution is -0.128. The van der Waals surface area contributed by atoms with E-state index < -0.39 is 0 Å². The first-order valence-corrected chi connectivity index (χ1v) is 9.72. The molecule has 2 amide bonds. The van der Waals surface area contributed by atoms with Crippen LogP contribution < -0.4 is 16.4 Å². The van der Waals surface area contributed by atoms with E-state index in [0.717, 1.165) is 42.3 Å². The number of thiazole rings is 1. The number of nitrogens with zero attached hydrogens (tertiary/aromatic N) is 1. The summed E-state index contributed by atoms with van der Waals surface area (Å²) in [6.07, 6.45) is 4.40. The van der Waals surface area contributed by atoms with Gasteiger partial charge in [0.2, 0.25) is 11.8 Å². The Balaban J connectivity index is 0.00000208. The maximum absolute atomic E-state index is 12.9. The van der Waals surface area contributed by atoms with Crippen molar-refractivity contribution in [3.05, 3.63) is 5.69 Å². The highest BCUT2D eigenvalue weighted by atomic mass is 35.5. The minimum atomic E-state index is -0.352. The fourth-order valence-corrected chi connectivity index (χ4v) is 5.49. The van der Waals surface area contributed by atoms with Gasteiger partial charge in [-0.05, 0) is 32.2 Å². The summed E-state index contributed by atoms with van der Waals surface area (Å²) in [4.78, 5) is 28.2. The number of nitrogens with two attached hydrogens (primary N) is 1. The van der Waals surface area contributed by atoms with Crippen molar-refractivity contribution < 1.29 is 9.59 Å². The standard InChI is InChI=1S/C15H22N4O2S2.ClH/c1-9-12(22-7-11(16)20)23-14(18-9)19-13(21)15-5-3-2-4-10(15)6-17-8-15;/h10,17H,2-8H2,1H3,(H2,16,20)(H,18,19,21);1H/t10-,15+;/m0./s1. The number of halogens is 1. The monoisotopic (exact) mass is 390 g/mol.